The number of fused-ring (bicyclic) bond motifs is 2. The summed E-state index contributed by atoms with van der Waals surface area (Å²) in [6.45, 7) is 1.86. The van der Waals surface area contributed by atoms with Crippen LogP contribution >= 0.6 is 11.6 Å². The first kappa shape index (κ1) is 21.4. The van der Waals surface area contributed by atoms with Gasteiger partial charge in [0.15, 0.2) is 5.82 Å². The summed E-state index contributed by atoms with van der Waals surface area (Å²) in [5.41, 5.74) is 2.86. The first-order valence-corrected chi connectivity index (χ1v) is 10.8. The molecule has 0 aliphatic rings. The van der Waals surface area contributed by atoms with Crippen LogP contribution in [0.3, 0.4) is 0 Å². The highest BCUT2D eigenvalue weighted by molar-refractivity contribution is 6.31. The van der Waals surface area contributed by atoms with Crippen LogP contribution in [0, 0.1) is 18.3 Å². The summed E-state index contributed by atoms with van der Waals surface area (Å²) in [6.07, 6.45) is 3.10. The Morgan fingerprint density at radius 1 is 1.12 bits per heavy atom. The zero-order chi connectivity index (χ0) is 23.8. The Kier molecular flexibility index (Phi) is 5.36. The molecule has 0 amide bonds. The summed E-state index contributed by atoms with van der Waals surface area (Å²) in [6, 6.07) is 20.2. The van der Waals surface area contributed by atoms with Crippen molar-refractivity contribution >= 4 is 39.9 Å². The van der Waals surface area contributed by atoms with E-state index in [1.807, 2.05) is 42.8 Å². The normalized spacial score (nSPS) is 11.6. The second-order valence-corrected chi connectivity index (χ2v) is 8.14. The molecule has 0 radical (unpaired) electrons. The van der Waals surface area contributed by atoms with E-state index in [-0.39, 0.29) is 22.6 Å². The van der Waals surface area contributed by atoms with Crippen LogP contribution in [0.4, 0.5) is 0 Å². The number of nitrogens with zero attached hydrogens (tertiary/aromatic N) is 5. The van der Waals surface area contributed by atoms with Gasteiger partial charge < -0.3 is 9.30 Å². The van der Waals surface area contributed by atoms with Crippen LogP contribution in [-0.4, -0.2) is 18.9 Å². The van der Waals surface area contributed by atoms with Gasteiger partial charge in [0.1, 0.15) is 23.0 Å². The average Bonchev–Trinajstić information content (AvgIpc) is 3.18. The Morgan fingerprint density at radius 2 is 1.91 bits per heavy atom. The van der Waals surface area contributed by atoms with Gasteiger partial charge in [-0.15, -0.1) is 0 Å². The molecule has 0 atom stereocenters. The third-order valence-corrected chi connectivity index (χ3v) is 5.94. The number of para-hydroxylation sites is 2. The van der Waals surface area contributed by atoms with Crippen molar-refractivity contribution in [2.24, 2.45) is 7.05 Å². The minimum Gasteiger partial charge on any atom is -0.438 e. The Balaban J connectivity index is 1.72. The molecular weight excluding hydrogens is 450 g/mol. The zero-order valence-electron chi connectivity index (χ0n) is 18.4. The molecule has 0 saturated heterocycles. The van der Waals surface area contributed by atoms with E-state index in [4.69, 9.17) is 16.3 Å². The Bertz CT molecular complexity index is 1710. The summed E-state index contributed by atoms with van der Waals surface area (Å²) in [5.74, 6) is 1.00. The highest BCUT2D eigenvalue weighted by Gasteiger charge is 2.18. The number of hydrogen-bond donors (Lipinski definition) is 0. The van der Waals surface area contributed by atoms with E-state index in [2.05, 4.69) is 16.0 Å². The summed E-state index contributed by atoms with van der Waals surface area (Å²) in [4.78, 5) is 22.6. The fraction of sp³-hybridized carbons (Fsp3) is 0.0769. The maximum Gasteiger partial charge on any atom is 0.269 e. The molecule has 0 fully saturated rings. The number of allylic oxidation sites excluding steroid dienone is 1. The van der Waals surface area contributed by atoms with Crippen molar-refractivity contribution in [3.63, 3.8) is 0 Å². The maximum atomic E-state index is 13.4. The summed E-state index contributed by atoms with van der Waals surface area (Å²) in [7, 11) is 1.83. The van der Waals surface area contributed by atoms with Crippen molar-refractivity contribution < 1.29 is 4.74 Å². The number of halogens is 1. The van der Waals surface area contributed by atoms with Gasteiger partial charge in [-0.05, 0) is 61.0 Å². The van der Waals surface area contributed by atoms with Crippen molar-refractivity contribution in [1.29, 1.82) is 5.26 Å². The van der Waals surface area contributed by atoms with Crippen LogP contribution < -0.4 is 10.3 Å². The van der Waals surface area contributed by atoms with Crippen LogP contribution in [0.5, 0.6) is 11.6 Å². The molecule has 0 unspecified atom stereocenters. The highest BCUT2D eigenvalue weighted by atomic mass is 35.5. The molecule has 3 aromatic heterocycles. The van der Waals surface area contributed by atoms with Crippen molar-refractivity contribution in [2.75, 3.05) is 0 Å². The number of aromatic nitrogens is 4. The third-order valence-electron chi connectivity index (χ3n) is 5.52. The first-order chi connectivity index (χ1) is 16.5. The Hall–Kier alpha value is -4.41. The largest absolute Gasteiger partial charge is 0.438 e. The molecule has 7 nitrogen and oxygen atoms in total. The van der Waals surface area contributed by atoms with Crippen LogP contribution in [0.25, 0.3) is 28.3 Å². The van der Waals surface area contributed by atoms with Gasteiger partial charge in [0.05, 0.1) is 16.6 Å². The number of rotatable bonds is 4. The average molecular weight is 468 g/mol. The Morgan fingerprint density at radius 3 is 2.68 bits per heavy atom. The smallest absolute Gasteiger partial charge is 0.269 e. The fourth-order valence-corrected chi connectivity index (χ4v) is 3.87. The van der Waals surface area contributed by atoms with Gasteiger partial charge in [-0.25, -0.2) is 4.98 Å². The molecule has 166 valence electrons. The molecule has 0 saturated carbocycles. The third kappa shape index (κ3) is 3.70. The maximum absolute atomic E-state index is 13.4. The summed E-state index contributed by atoms with van der Waals surface area (Å²) >= 11 is 6.14. The van der Waals surface area contributed by atoms with Crippen molar-refractivity contribution in [3.05, 3.63) is 99.2 Å². The molecule has 0 spiro atoms. The van der Waals surface area contributed by atoms with E-state index in [0.717, 1.165) is 16.6 Å². The number of nitriles is 1. The lowest BCUT2D eigenvalue weighted by molar-refractivity contribution is 0.460. The lowest BCUT2D eigenvalue weighted by Gasteiger charge is -2.11. The van der Waals surface area contributed by atoms with Gasteiger partial charge in [0.2, 0.25) is 5.88 Å². The number of ether oxygens (including phenoxy) is 1. The van der Waals surface area contributed by atoms with Gasteiger partial charge >= 0.3 is 0 Å². The molecule has 0 aliphatic carbocycles. The standard InChI is InChI=1S/C26H18ClN5O2/c1-16-13-18(10-11-20(16)27)34-25-19(26(33)32-12-6-5-9-23(32)30-25)14-17(15-28)24-29-21-7-3-4-8-22(21)31(24)2/h3-14H,1-2H3. The minimum atomic E-state index is -0.363. The van der Waals surface area contributed by atoms with E-state index in [9.17, 15) is 10.1 Å². The quantitative estimate of drug-likeness (QED) is 0.330. The van der Waals surface area contributed by atoms with Crippen LogP contribution in [0.2, 0.25) is 5.02 Å². The number of pyridine rings is 1. The molecule has 8 heteroatoms. The molecular formula is C26H18ClN5O2. The molecule has 34 heavy (non-hydrogen) atoms. The minimum absolute atomic E-state index is 0.0874. The van der Waals surface area contributed by atoms with E-state index in [1.54, 1.807) is 42.6 Å². The first-order valence-electron chi connectivity index (χ1n) is 10.5. The number of aryl methyl sites for hydroxylation is 2. The molecule has 5 rings (SSSR count). The van der Waals surface area contributed by atoms with E-state index in [1.165, 1.54) is 10.5 Å². The van der Waals surface area contributed by atoms with Gasteiger partial charge in [-0.1, -0.05) is 29.8 Å². The van der Waals surface area contributed by atoms with Crippen molar-refractivity contribution in [1.82, 2.24) is 18.9 Å². The van der Waals surface area contributed by atoms with Crippen molar-refractivity contribution in [3.8, 4) is 17.7 Å². The number of hydrogen-bond acceptors (Lipinski definition) is 5. The zero-order valence-corrected chi connectivity index (χ0v) is 19.1. The second kappa shape index (κ2) is 8.50. The molecule has 5 aromatic rings. The predicted octanol–water partition coefficient (Wildman–Crippen LogP) is 5.40. The summed E-state index contributed by atoms with van der Waals surface area (Å²) < 4.78 is 9.27. The van der Waals surface area contributed by atoms with Crippen molar-refractivity contribution in [2.45, 2.75) is 6.92 Å². The topological polar surface area (TPSA) is 85.2 Å². The van der Waals surface area contributed by atoms with Gasteiger partial charge in [0.25, 0.3) is 5.56 Å². The van der Waals surface area contributed by atoms with Gasteiger partial charge in [-0.2, -0.15) is 10.2 Å². The van der Waals surface area contributed by atoms with Gasteiger partial charge in [-0.3, -0.25) is 9.20 Å². The van der Waals surface area contributed by atoms with E-state index < -0.39 is 0 Å². The Labute approximate surface area is 199 Å². The van der Waals surface area contributed by atoms with Crippen LogP contribution in [0.1, 0.15) is 17.0 Å². The highest BCUT2D eigenvalue weighted by Crippen LogP contribution is 2.29. The lowest BCUT2D eigenvalue weighted by Crippen LogP contribution is -2.18. The number of benzene rings is 2. The molecule has 2 aromatic carbocycles. The number of imidazole rings is 1. The molecule has 0 bridgehead atoms. The van der Waals surface area contributed by atoms with E-state index in [0.29, 0.717) is 22.2 Å². The molecule has 0 N–H and O–H groups in total. The van der Waals surface area contributed by atoms with E-state index >= 15 is 0 Å². The van der Waals surface area contributed by atoms with Crippen LogP contribution in [-0.2, 0) is 7.05 Å². The lowest BCUT2D eigenvalue weighted by atomic mass is 10.1. The second-order valence-electron chi connectivity index (χ2n) is 7.73. The fourth-order valence-electron chi connectivity index (χ4n) is 3.75. The monoisotopic (exact) mass is 467 g/mol. The predicted molar refractivity (Wildman–Crippen MR) is 132 cm³/mol. The molecule has 0 aliphatic heterocycles. The summed E-state index contributed by atoms with van der Waals surface area (Å²) in [5, 5.41) is 10.6. The van der Waals surface area contributed by atoms with Gasteiger partial charge in [0, 0.05) is 18.3 Å². The molecule has 3 heterocycles. The SMILES string of the molecule is Cc1cc(Oc2nc3ccccn3c(=O)c2C=C(C#N)c2nc3ccccc3n2C)ccc1Cl. The van der Waals surface area contributed by atoms with Crippen LogP contribution in [0.15, 0.2) is 71.7 Å².